The van der Waals surface area contributed by atoms with E-state index < -0.39 is 29.6 Å². The molecule has 0 aliphatic heterocycles. The highest BCUT2D eigenvalue weighted by molar-refractivity contribution is 5.92. The predicted molar refractivity (Wildman–Crippen MR) is 98.6 cm³/mol. The van der Waals surface area contributed by atoms with E-state index in [2.05, 4.69) is 9.72 Å². The Kier molecular flexibility index (Phi) is 5.40. The zero-order chi connectivity index (χ0) is 21.2. The molecule has 1 amide bonds. The molecule has 29 heavy (non-hydrogen) atoms. The summed E-state index contributed by atoms with van der Waals surface area (Å²) in [6.07, 6.45) is -1.96. The Labute approximate surface area is 163 Å². The zero-order valence-electron chi connectivity index (χ0n) is 15.2. The molecular formula is C20H16F3N3O3. The van der Waals surface area contributed by atoms with E-state index in [1.165, 1.54) is 35.0 Å². The van der Waals surface area contributed by atoms with Crippen molar-refractivity contribution < 1.29 is 22.7 Å². The largest absolute Gasteiger partial charge is 0.573 e. The standard InChI is InChI=1S/C20H16F3N3O3/c1-12-3-2-10-25-17(12)18(26-11-14(19(24)28)6-9-16(26)27)13-4-7-15(8-5-13)29-20(21,22)23/h2-11,18H,1H3,(H2,24,28)/t18-/m0/s1. The van der Waals surface area contributed by atoms with Gasteiger partial charge in [-0.25, -0.2) is 0 Å². The van der Waals surface area contributed by atoms with Crippen LogP contribution >= 0.6 is 0 Å². The molecule has 0 fully saturated rings. The number of carbonyl (C=O) groups excluding carboxylic acids is 1. The molecule has 3 aromatic rings. The second-order valence-electron chi connectivity index (χ2n) is 6.25. The molecule has 0 saturated carbocycles. The van der Waals surface area contributed by atoms with Crippen LogP contribution in [0.25, 0.3) is 0 Å². The number of hydrogen-bond acceptors (Lipinski definition) is 4. The number of aryl methyl sites for hydroxylation is 1. The molecule has 6 nitrogen and oxygen atoms in total. The predicted octanol–water partition coefficient (Wildman–Crippen LogP) is 3.19. The van der Waals surface area contributed by atoms with Gasteiger partial charge < -0.3 is 15.0 Å². The highest BCUT2D eigenvalue weighted by atomic mass is 19.4. The Morgan fingerprint density at radius 2 is 1.83 bits per heavy atom. The molecule has 9 heteroatoms. The van der Waals surface area contributed by atoms with Gasteiger partial charge in [-0.3, -0.25) is 14.6 Å². The SMILES string of the molecule is Cc1cccnc1[C@H](c1ccc(OC(F)(F)F)cc1)n1cc(C(N)=O)ccc1=O. The summed E-state index contributed by atoms with van der Waals surface area (Å²) < 4.78 is 42.5. The summed E-state index contributed by atoms with van der Waals surface area (Å²) in [4.78, 5) is 28.5. The number of benzene rings is 1. The number of halogens is 3. The number of carbonyl (C=O) groups is 1. The molecular weight excluding hydrogens is 387 g/mol. The van der Waals surface area contributed by atoms with Gasteiger partial charge in [-0.2, -0.15) is 0 Å². The van der Waals surface area contributed by atoms with Gasteiger partial charge in [-0.15, -0.1) is 13.2 Å². The van der Waals surface area contributed by atoms with Gasteiger partial charge in [0.25, 0.3) is 5.56 Å². The zero-order valence-corrected chi connectivity index (χ0v) is 15.2. The molecule has 0 radical (unpaired) electrons. The smallest absolute Gasteiger partial charge is 0.406 e. The van der Waals surface area contributed by atoms with Crippen molar-refractivity contribution in [2.45, 2.75) is 19.3 Å². The van der Waals surface area contributed by atoms with Gasteiger partial charge in [0.1, 0.15) is 11.8 Å². The number of rotatable bonds is 5. The molecule has 2 N–H and O–H groups in total. The second-order valence-corrected chi connectivity index (χ2v) is 6.25. The van der Waals surface area contributed by atoms with Crippen molar-refractivity contribution in [3.63, 3.8) is 0 Å². The lowest BCUT2D eigenvalue weighted by atomic mass is 9.99. The van der Waals surface area contributed by atoms with Crippen molar-refractivity contribution in [3.05, 3.63) is 93.7 Å². The van der Waals surface area contributed by atoms with Crippen molar-refractivity contribution in [2.24, 2.45) is 5.73 Å². The van der Waals surface area contributed by atoms with Crippen LogP contribution in [0.4, 0.5) is 13.2 Å². The number of amides is 1. The molecule has 0 spiro atoms. The van der Waals surface area contributed by atoms with Crippen molar-refractivity contribution >= 4 is 5.91 Å². The van der Waals surface area contributed by atoms with Crippen LogP contribution in [0.15, 0.2) is 65.7 Å². The highest BCUT2D eigenvalue weighted by Crippen LogP contribution is 2.29. The van der Waals surface area contributed by atoms with Gasteiger partial charge >= 0.3 is 6.36 Å². The van der Waals surface area contributed by atoms with Gasteiger partial charge in [0.15, 0.2) is 0 Å². The Balaban J connectivity index is 2.16. The molecule has 3 rings (SSSR count). The Hall–Kier alpha value is -3.62. The first-order valence-corrected chi connectivity index (χ1v) is 8.45. The molecule has 150 valence electrons. The third-order valence-electron chi connectivity index (χ3n) is 4.24. The number of alkyl halides is 3. The fraction of sp³-hybridized carbons (Fsp3) is 0.150. The van der Waals surface area contributed by atoms with E-state index in [0.717, 1.165) is 17.7 Å². The first-order chi connectivity index (χ1) is 13.7. The minimum Gasteiger partial charge on any atom is -0.406 e. The highest BCUT2D eigenvalue weighted by Gasteiger charge is 2.31. The summed E-state index contributed by atoms with van der Waals surface area (Å²) in [6, 6.07) is 10.3. The topological polar surface area (TPSA) is 87.2 Å². The van der Waals surface area contributed by atoms with Crippen LogP contribution in [0.5, 0.6) is 5.75 Å². The maximum Gasteiger partial charge on any atom is 0.573 e. The van der Waals surface area contributed by atoms with Crippen molar-refractivity contribution in [1.82, 2.24) is 9.55 Å². The summed E-state index contributed by atoms with van der Waals surface area (Å²) in [7, 11) is 0. The van der Waals surface area contributed by atoms with Gasteiger partial charge in [0.2, 0.25) is 5.91 Å². The molecule has 1 aromatic carbocycles. The third kappa shape index (κ3) is 4.63. The number of aromatic nitrogens is 2. The monoisotopic (exact) mass is 403 g/mol. The fourth-order valence-corrected chi connectivity index (χ4v) is 2.94. The Morgan fingerprint density at radius 3 is 2.41 bits per heavy atom. The molecule has 0 bridgehead atoms. The minimum atomic E-state index is -4.81. The number of nitrogens with two attached hydrogens (primary N) is 1. The van der Waals surface area contributed by atoms with Gasteiger partial charge in [-0.05, 0) is 42.3 Å². The summed E-state index contributed by atoms with van der Waals surface area (Å²) in [6.45, 7) is 1.79. The number of pyridine rings is 2. The average molecular weight is 403 g/mol. The molecule has 0 saturated heterocycles. The summed E-state index contributed by atoms with van der Waals surface area (Å²) in [5.41, 5.74) is 6.74. The van der Waals surface area contributed by atoms with E-state index in [-0.39, 0.29) is 5.56 Å². The number of hydrogen-bond donors (Lipinski definition) is 1. The quantitative estimate of drug-likeness (QED) is 0.709. The van der Waals surface area contributed by atoms with E-state index in [0.29, 0.717) is 11.3 Å². The second kappa shape index (κ2) is 7.78. The van der Waals surface area contributed by atoms with Gasteiger partial charge in [0.05, 0.1) is 11.3 Å². The molecule has 0 aliphatic rings. The van der Waals surface area contributed by atoms with E-state index in [4.69, 9.17) is 5.73 Å². The molecule has 2 aromatic heterocycles. The molecule has 2 heterocycles. The van der Waals surface area contributed by atoms with E-state index in [9.17, 15) is 22.8 Å². The first-order valence-electron chi connectivity index (χ1n) is 8.45. The van der Waals surface area contributed by atoms with Crippen molar-refractivity contribution in [2.75, 3.05) is 0 Å². The van der Waals surface area contributed by atoms with Crippen LogP contribution in [0.1, 0.15) is 33.2 Å². The number of primary amides is 1. The van der Waals surface area contributed by atoms with Crippen LogP contribution in [0.3, 0.4) is 0 Å². The Bertz CT molecular complexity index is 1090. The normalized spacial score (nSPS) is 12.4. The van der Waals surface area contributed by atoms with Crippen LogP contribution in [0, 0.1) is 6.92 Å². The summed E-state index contributed by atoms with van der Waals surface area (Å²) in [5, 5.41) is 0. The molecule has 0 aliphatic carbocycles. The van der Waals surface area contributed by atoms with Gasteiger partial charge in [0, 0.05) is 18.5 Å². The lowest BCUT2D eigenvalue weighted by molar-refractivity contribution is -0.274. The van der Waals surface area contributed by atoms with Crippen LogP contribution < -0.4 is 16.0 Å². The maximum atomic E-state index is 12.6. The maximum absolute atomic E-state index is 12.6. The van der Waals surface area contributed by atoms with Crippen LogP contribution in [-0.2, 0) is 0 Å². The number of ether oxygens (including phenoxy) is 1. The lowest BCUT2D eigenvalue weighted by Crippen LogP contribution is -2.28. The van der Waals surface area contributed by atoms with E-state index in [1.54, 1.807) is 25.3 Å². The third-order valence-corrected chi connectivity index (χ3v) is 4.24. The Morgan fingerprint density at radius 1 is 1.14 bits per heavy atom. The average Bonchev–Trinajstić information content (AvgIpc) is 2.65. The van der Waals surface area contributed by atoms with Gasteiger partial charge in [-0.1, -0.05) is 18.2 Å². The van der Waals surface area contributed by atoms with E-state index in [1.807, 2.05) is 0 Å². The van der Waals surface area contributed by atoms with Crippen LogP contribution in [-0.4, -0.2) is 21.8 Å². The first kappa shape index (κ1) is 20.1. The summed E-state index contributed by atoms with van der Waals surface area (Å²) in [5.74, 6) is -1.11. The minimum absolute atomic E-state index is 0.111. The van der Waals surface area contributed by atoms with Crippen LogP contribution in [0.2, 0.25) is 0 Å². The van der Waals surface area contributed by atoms with E-state index >= 15 is 0 Å². The molecule has 0 unspecified atom stereocenters. The summed E-state index contributed by atoms with van der Waals surface area (Å²) >= 11 is 0. The van der Waals surface area contributed by atoms with Crippen molar-refractivity contribution in [3.8, 4) is 5.75 Å². The van der Waals surface area contributed by atoms with Crippen molar-refractivity contribution in [1.29, 1.82) is 0 Å². The molecule has 1 atom stereocenters. The number of nitrogens with zero attached hydrogens (tertiary/aromatic N) is 2. The lowest BCUT2D eigenvalue weighted by Gasteiger charge is -2.22. The fourth-order valence-electron chi connectivity index (χ4n) is 2.94.